The SMILES string of the molecule is CCCCCCCCCCCCC(=O)Nc1ccc(C([NH])C(c2ccc(C(F)(F)F)cc2)C2CCCC2)cc1. The number of anilines is 1. The van der Waals surface area contributed by atoms with Crippen LogP contribution < -0.4 is 11.1 Å². The molecular weight excluding hydrogens is 497 g/mol. The summed E-state index contributed by atoms with van der Waals surface area (Å²) in [5.41, 5.74) is 10.7. The van der Waals surface area contributed by atoms with Gasteiger partial charge in [0.25, 0.3) is 0 Å². The van der Waals surface area contributed by atoms with Gasteiger partial charge in [-0.3, -0.25) is 4.79 Å². The highest BCUT2D eigenvalue weighted by Crippen LogP contribution is 2.45. The first-order valence-electron chi connectivity index (χ1n) is 15.1. The van der Waals surface area contributed by atoms with Crippen LogP contribution in [0.5, 0.6) is 0 Å². The maximum atomic E-state index is 13.1. The normalized spacial score (nSPS) is 15.8. The summed E-state index contributed by atoms with van der Waals surface area (Å²) < 4.78 is 39.2. The van der Waals surface area contributed by atoms with Gasteiger partial charge in [-0.1, -0.05) is 102 Å². The smallest absolute Gasteiger partial charge is 0.326 e. The molecule has 1 saturated carbocycles. The van der Waals surface area contributed by atoms with Gasteiger partial charge in [-0.2, -0.15) is 13.2 Å². The molecule has 0 spiro atoms. The van der Waals surface area contributed by atoms with Gasteiger partial charge >= 0.3 is 6.18 Å². The minimum Gasteiger partial charge on any atom is -0.326 e. The van der Waals surface area contributed by atoms with Crippen molar-refractivity contribution in [1.29, 1.82) is 0 Å². The van der Waals surface area contributed by atoms with E-state index >= 15 is 0 Å². The largest absolute Gasteiger partial charge is 0.416 e. The third-order valence-corrected chi connectivity index (χ3v) is 8.20. The number of rotatable bonds is 16. The summed E-state index contributed by atoms with van der Waals surface area (Å²) >= 11 is 0. The summed E-state index contributed by atoms with van der Waals surface area (Å²) in [6.45, 7) is 2.24. The monoisotopic (exact) mass is 543 g/mol. The van der Waals surface area contributed by atoms with E-state index in [2.05, 4.69) is 12.2 Å². The molecule has 3 rings (SSSR count). The molecule has 215 valence electrons. The molecular formula is C33H46F3N2O. The Labute approximate surface area is 233 Å². The minimum atomic E-state index is -4.37. The fourth-order valence-electron chi connectivity index (χ4n) is 5.93. The summed E-state index contributed by atoms with van der Waals surface area (Å²) in [6, 6.07) is 12.2. The van der Waals surface area contributed by atoms with Crippen molar-refractivity contribution in [3.63, 3.8) is 0 Å². The zero-order chi connectivity index (χ0) is 28.1. The molecule has 3 nitrogen and oxygen atoms in total. The number of hydrogen-bond acceptors (Lipinski definition) is 1. The van der Waals surface area contributed by atoms with Crippen molar-refractivity contribution in [2.75, 3.05) is 5.32 Å². The van der Waals surface area contributed by atoms with Crippen LogP contribution in [0.15, 0.2) is 48.5 Å². The second kappa shape index (κ2) is 16.1. The Morgan fingerprint density at radius 2 is 1.33 bits per heavy atom. The van der Waals surface area contributed by atoms with Crippen molar-refractivity contribution < 1.29 is 18.0 Å². The first kappa shape index (κ1) is 31.2. The molecule has 0 aliphatic heterocycles. The Hall–Kier alpha value is -2.34. The lowest BCUT2D eigenvalue weighted by Gasteiger charge is -2.30. The zero-order valence-corrected chi connectivity index (χ0v) is 23.5. The molecule has 1 fully saturated rings. The molecule has 0 aromatic heterocycles. The first-order chi connectivity index (χ1) is 18.8. The van der Waals surface area contributed by atoms with E-state index in [4.69, 9.17) is 5.73 Å². The van der Waals surface area contributed by atoms with Crippen molar-refractivity contribution in [2.45, 2.75) is 121 Å². The fraction of sp³-hybridized carbons (Fsp3) is 0.606. The summed E-state index contributed by atoms with van der Waals surface area (Å²) in [7, 11) is 0. The van der Waals surface area contributed by atoms with Gasteiger partial charge < -0.3 is 5.32 Å². The maximum absolute atomic E-state index is 13.1. The third-order valence-electron chi connectivity index (χ3n) is 8.20. The number of benzene rings is 2. The van der Waals surface area contributed by atoms with Crippen LogP contribution in [0.3, 0.4) is 0 Å². The highest BCUT2D eigenvalue weighted by Gasteiger charge is 2.34. The standard InChI is InChI=1S/C33H46F3N2O/c1-2-3-4-5-6-7-8-9-10-11-16-30(39)38-29-23-19-27(20-24-29)32(37)31(25-14-12-13-15-25)26-17-21-28(22-18-26)33(34,35)36/h17-25,31-32,37H,2-16H2,1H3,(H,38,39). The zero-order valence-electron chi connectivity index (χ0n) is 23.5. The predicted octanol–water partition coefficient (Wildman–Crippen LogP) is 10.3. The van der Waals surface area contributed by atoms with E-state index < -0.39 is 17.8 Å². The van der Waals surface area contributed by atoms with Crippen LogP contribution in [0.1, 0.15) is 132 Å². The van der Waals surface area contributed by atoms with Crippen molar-refractivity contribution in [3.8, 4) is 0 Å². The summed E-state index contributed by atoms with van der Waals surface area (Å²) in [6.07, 6.45) is 12.6. The molecule has 6 heteroatoms. The summed E-state index contributed by atoms with van der Waals surface area (Å²) in [4.78, 5) is 12.4. The van der Waals surface area contributed by atoms with Crippen LogP contribution in [0.4, 0.5) is 18.9 Å². The molecule has 39 heavy (non-hydrogen) atoms. The first-order valence-corrected chi connectivity index (χ1v) is 15.1. The van der Waals surface area contributed by atoms with Gasteiger partial charge in [-0.15, -0.1) is 0 Å². The molecule has 0 saturated heterocycles. The number of hydrogen-bond donors (Lipinski definition) is 1. The molecule has 0 heterocycles. The van der Waals surface area contributed by atoms with Gasteiger partial charge in [-0.25, -0.2) is 5.73 Å². The molecule has 2 atom stereocenters. The van der Waals surface area contributed by atoms with E-state index in [0.717, 1.165) is 67.5 Å². The van der Waals surface area contributed by atoms with Crippen LogP contribution in [0.2, 0.25) is 0 Å². The molecule has 0 bridgehead atoms. The topological polar surface area (TPSA) is 52.9 Å². The van der Waals surface area contributed by atoms with E-state index in [-0.39, 0.29) is 17.7 Å². The van der Waals surface area contributed by atoms with Crippen LogP contribution in [0, 0.1) is 5.92 Å². The quantitative estimate of drug-likeness (QED) is 0.210. The minimum absolute atomic E-state index is 0.0123. The van der Waals surface area contributed by atoms with Gasteiger partial charge in [0.2, 0.25) is 5.91 Å². The van der Waals surface area contributed by atoms with Gasteiger partial charge in [0, 0.05) is 18.0 Å². The molecule has 1 aliphatic rings. The number of unbranched alkanes of at least 4 members (excludes halogenated alkanes) is 9. The molecule has 2 aromatic rings. The van der Waals surface area contributed by atoms with Crippen LogP contribution in [0.25, 0.3) is 0 Å². The lowest BCUT2D eigenvalue weighted by atomic mass is 9.77. The molecule has 2 N–H and O–H groups in total. The van der Waals surface area contributed by atoms with E-state index in [1.54, 1.807) is 12.1 Å². The van der Waals surface area contributed by atoms with Gasteiger partial charge in [0.1, 0.15) is 0 Å². The van der Waals surface area contributed by atoms with Gasteiger partial charge in [0.15, 0.2) is 0 Å². The van der Waals surface area contributed by atoms with Crippen LogP contribution in [-0.4, -0.2) is 5.91 Å². The van der Waals surface area contributed by atoms with Crippen molar-refractivity contribution in [1.82, 2.24) is 5.73 Å². The van der Waals surface area contributed by atoms with E-state index in [0.29, 0.717) is 6.42 Å². The molecule has 2 unspecified atom stereocenters. The van der Waals surface area contributed by atoms with Crippen LogP contribution in [-0.2, 0) is 11.0 Å². The predicted molar refractivity (Wildman–Crippen MR) is 154 cm³/mol. The Morgan fingerprint density at radius 1 is 0.821 bits per heavy atom. The maximum Gasteiger partial charge on any atom is 0.416 e. The Bertz CT molecular complexity index is 966. The number of halogens is 3. The number of carbonyl (C=O) groups is 1. The van der Waals surface area contributed by atoms with Crippen molar-refractivity contribution in [2.24, 2.45) is 5.92 Å². The second-order valence-corrected chi connectivity index (χ2v) is 11.3. The Morgan fingerprint density at radius 3 is 1.87 bits per heavy atom. The molecule has 2 aromatic carbocycles. The Kier molecular flexibility index (Phi) is 12.8. The lowest BCUT2D eigenvalue weighted by molar-refractivity contribution is -0.137. The lowest BCUT2D eigenvalue weighted by Crippen LogP contribution is -2.20. The number of alkyl halides is 3. The van der Waals surface area contributed by atoms with Gasteiger partial charge in [-0.05, 0) is 60.6 Å². The highest BCUT2D eigenvalue weighted by atomic mass is 19.4. The Balaban J connectivity index is 1.48. The molecule has 1 amide bonds. The number of amides is 1. The second-order valence-electron chi connectivity index (χ2n) is 11.3. The summed E-state index contributed by atoms with van der Waals surface area (Å²) in [5, 5.41) is 2.97. The third kappa shape index (κ3) is 10.3. The average molecular weight is 544 g/mol. The molecule has 1 aliphatic carbocycles. The fourth-order valence-corrected chi connectivity index (χ4v) is 5.93. The molecule has 1 radical (unpaired) electrons. The van der Waals surface area contributed by atoms with Crippen LogP contribution >= 0.6 is 0 Å². The number of carbonyl (C=O) groups excluding carboxylic acids is 1. The highest BCUT2D eigenvalue weighted by molar-refractivity contribution is 5.90. The average Bonchev–Trinajstić information content (AvgIpc) is 3.44. The summed E-state index contributed by atoms with van der Waals surface area (Å²) in [5.74, 6) is 0.134. The van der Waals surface area contributed by atoms with Gasteiger partial charge in [0.05, 0.1) is 11.6 Å². The van der Waals surface area contributed by atoms with E-state index in [9.17, 15) is 18.0 Å². The van der Waals surface area contributed by atoms with Crippen molar-refractivity contribution >= 4 is 11.6 Å². The van der Waals surface area contributed by atoms with E-state index in [1.165, 1.54) is 51.4 Å². The number of nitrogens with one attached hydrogen (secondary N) is 2. The van der Waals surface area contributed by atoms with E-state index in [1.807, 2.05) is 24.3 Å². The van der Waals surface area contributed by atoms with Crippen molar-refractivity contribution in [3.05, 3.63) is 65.2 Å².